The number of hydrogen-bond donors (Lipinski definition) is 2. The number of nitrogens with one attached hydrogen (secondary N) is 1. The summed E-state index contributed by atoms with van der Waals surface area (Å²) in [5.74, 6) is -2.92. The molecular formula is C19H28F3N3O5S. The summed E-state index contributed by atoms with van der Waals surface area (Å²) < 4.78 is 58.2. The lowest BCUT2D eigenvalue weighted by Gasteiger charge is -2.30. The van der Waals surface area contributed by atoms with Crippen LogP contribution in [0.15, 0.2) is 24.3 Å². The zero-order valence-electron chi connectivity index (χ0n) is 17.6. The van der Waals surface area contributed by atoms with Crippen molar-refractivity contribution in [3.05, 3.63) is 35.4 Å². The molecule has 8 nitrogen and oxygen atoms in total. The van der Waals surface area contributed by atoms with Crippen LogP contribution in [0.3, 0.4) is 0 Å². The first-order chi connectivity index (χ1) is 14.3. The zero-order valence-corrected chi connectivity index (χ0v) is 18.5. The highest BCUT2D eigenvalue weighted by Gasteiger charge is 2.38. The topological polar surface area (TPSA) is 107 Å². The van der Waals surface area contributed by atoms with Crippen molar-refractivity contribution in [2.24, 2.45) is 0 Å². The molecule has 2 N–H and O–H groups in total. The Morgan fingerprint density at radius 3 is 2.23 bits per heavy atom. The van der Waals surface area contributed by atoms with E-state index in [2.05, 4.69) is 5.32 Å². The average molecular weight is 468 g/mol. The Balaban J connectivity index is 0.000000592. The lowest BCUT2D eigenvalue weighted by Crippen LogP contribution is -2.49. The third kappa shape index (κ3) is 8.83. The number of sulfonamides is 1. The number of benzene rings is 1. The minimum absolute atomic E-state index is 0.0390. The number of carboxylic acid groups (broad SMARTS) is 1. The Labute approximate surface area is 180 Å². The predicted molar refractivity (Wildman–Crippen MR) is 109 cm³/mol. The number of carbonyl (C=O) groups is 2. The summed E-state index contributed by atoms with van der Waals surface area (Å²) in [7, 11) is -3.34. The van der Waals surface area contributed by atoms with Gasteiger partial charge in [0.2, 0.25) is 10.0 Å². The van der Waals surface area contributed by atoms with E-state index in [4.69, 9.17) is 9.90 Å². The molecule has 1 aliphatic heterocycles. The second kappa shape index (κ2) is 11.4. The summed E-state index contributed by atoms with van der Waals surface area (Å²) in [4.78, 5) is 23.3. The molecule has 1 aromatic carbocycles. The van der Waals surface area contributed by atoms with Crippen LogP contribution < -0.4 is 5.32 Å². The van der Waals surface area contributed by atoms with Crippen LogP contribution in [0.25, 0.3) is 0 Å². The number of amides is 1. The van der Waals surface area contributed by atoms with Gasteiger partial charge in [-0.25, -0.2) is 13.2 Å². The van der Waals surface area contributed by atoms with Crippen molar-refractivity contribution < 1.29 is 36.3 Å². The summed E-state index contributed by atoms with van der Waals surface area (Å²) >= 11 is 0. The normalized spacial score (nSPS) is 15.2. The summed E-state index contributed by atoms with van der Waals surface area (Å²) in [6.07, 6.45) is -5.08. The van der Waals surface area contributed by atoms with E-state index in [1.54, 1.807) is 11.0 Å². The number of carbonyl (C=O) groups excluding carboxylic acids is 1. The molecule has 1 aromatic rings. The maximum atomic E-state index is 12.7. The first kappa shape index (κ1) is 26.9. The highest BCUT2D eigenvalue weighted by Crippen LogP contribution is 2.13. The molecular weight excluding hydrogens is 439 g/mol. The molecule has 0 aromatic heterocycles. The van der Waals surface area contributed by atoms with Crippen molar-refractivity contribution in [3.63, 3.8) is 0 Å². The molecule has 0 radical (unpaired) electrons. The predicted octanol–water partition coefficient (Wildman–Crippen LogP) is 1.71. The monoisotopic (exact) mass is 467 g/mol. The van der Waals surface area contributed by atoms with Gasteiger partial charge in [0.25, 0.3) is 5.91 Å². The molecule has 0 saturated carbocycles. The van der Waals surface area contributed by atoms with Crippen LogP contribution >= 0.6 is 0 Å². The van der Waals surface area contributed by atoms with Gasteiger partial charge >= 0.3 is 12.1 Å². The molecule has 176 valence electrons. The van der Waals surface area contributed by atoms with Crippen LogP contribution in [0.4, 0.5) is 13.2 Å². The van der Waals surface area contributed by atoms with Crippen molar-refractivity contribution in [2.45, 2.75) is 33.0 Å². The standard InChI is InChI=1S/C17H27N3O3S.C2HF3O2/c1-14(2)20(17(21)16-6-4-5-15(3)13-16)11-12-24(22,23)19-9-7-18-8-10-19;3-2(4,5)1(6)7/h4-6,13-14,18H,7-12H2,1-3H3;(H,6,7). The first-order valence-electron chi connectivity index (χ1n) is 9.62. The number of aliphatic carboxylic acids is 1. The lowest BCUT2D eigenvalue weighted by atomic mass is 10.1. The van der Waals surface area contributed by atoms with Gasteiger partial charge in [-0.05, 0) is 32.9 Å². The van der Waals surface area contributed by atoms with E-state index in [0.29, 0.717) is 31.7 Å². The van der Waals surface area contributed by atoms with Crippen LogP contribution in [0.2, 0.25) is 0 Å². The number of carboxylic acids is 1. The molecule has 0 unspecified atom stereocenters. The lowest BCUT2D eigenvalue weighted by molar-refractivity contribution is -0.192. The molecule has 1 heterocycles. The maximum absolute atomic E-state index is 12.7. The van der Waals surface area contributed by atoms with E-state index >= 15 is 0 Å². The highest BCUT2D eigenvalue weighted by molar-refractivity contribution is 7.89. The van der Waals surface area contributed by atoms with Gasteiger partial charge in [-0.2, -0.15) is 17.5 Å². The van der Waals surface area contributed by atoms with Crippen LogP contribution in [-0.2, 0) is 14.8 Å². The van der Waals surface area contributed by atoms with E-state index in [0.717, 1.165) is 5.56 Å². The zero-order chi connectivity index (χ0) is 23.8. The van der Waals surface area contributed by atoms with Crippen molar-refractivity contribution in [3.8, 4) is 0 Å². The Kier molecular flexibility index (Phi) is 9.91. The van der Waals surface area contributed by atoms with Gasteiger partial charge in [0.15, 0.2) is 0 Å². The highest BCUT2D eigenvalue weighted by atomic mass is 32.2. The van der Waals surface area contributed by atoms with Crippen molar-refractivity contribution in [2.75, 3.05) is 38.5 Å². The Hall–Kier alpha value is -2.18. The Bertz CT molecular complexity index is 854. The molecule has 2 rings (SSSR count). The van der Waals surface area contributed by atoms with E-state index in [9.17, 15) is 26.4 Å². The first-order valence-corrected chi connectivity index (χ1v) is 11.2. The molecule has 31 heavy (non-hydrogen) atoms. The van der Waals surface area contributed by atoms with Crippen molar-refractivity contribution in [1.82, 2.24) is 14.5 Å². The molecule has 1 aliphatic rings. The fraction of sp³-hybridized carbons (Fsp3) is 0.579. The van der Waals surface area contributed by atoms with Crippen LogP contribution in [0, 0.1) is 6.92 Å². The molecule has 12 heteroatoms. The molecule has 0 aliphatic carbocycles. The molecule has 0 atom stereocenters. The van der Waals surface area contributed by atoms with E-state index < -0.39 is 22.2 Å². The number of piperazine rings is 1. The van der Waals surface area contributed by atoms with Gasteiger partial charge in [0, 0.05) is 44.3 Å². The van der Waals surface area contributed by atoms with E-state index in [1.165, 1.54) is 4.31 Å². The van der Waals surface area contributed by atoms with Crippen molar-refractivity contribution in [1.29, 1.82) is 0 Å². The minimum atomic E-state index is -5.08. The molecule has 1 saturated heterocycles. The minimum Gasteiger partial charge on any atom is -0.475 e. The van der Waals surface area contributed by atoms with E-state index in [-0.39, 0.29) is 24.2 Å². The number of nitrogens with zero attached hydrogens (tertiary/aromatic N) is 2. The average Bonchev–Trinajstić information content (AvgIpc) is 2.68. The largest absolute Gasteiger partial charge is 0.490 e. The van der Waals surface area contributed by atoms with Crippen LogP contribution in [0.1, 0.15) is 29.8 Å². The second-order valence-electron chi connectivity index (χ2n) is 7.23. The van der Waals surface area contributed by atoms with Crippen LogP contribution in [-0.4, -0.2) is 85.3 Å². The number of alkyl halides is 3. The number of rotatable bonds is 6. The summed E-state index contributed by atoms with van der Waals surface area (Å²) in [6, 6.07) is 7.33. The van der Waals surface area contributed by atoms with E-state index in [1.807, 2.05) is 39.0 Å². The smallest absolute Gasteiger partial charge is 0.475 e. The summed E-state index contributed by atoms with van der Waals surface area (Å²) in [5, 5.41) is 10.3. The molecule has 0 spiro atoms. The van der Waals surface area contributed by atoms with Gasteiger partial charge in [-0.15, -0.1) is 0 Å². The van der Waals surface area contributed by atoms with Crippen molar-refractivity contribution >= 4 is 21.9 Å². The van der Waals surface area contributed by atoms with Gasteiger partial charge in [-0.3, -0.25) is 4.79 Å². The van der Waals surface area contributed by atoms with Gasteiger partial charge in [0.1, 0.15) is 0 Å². The van der Waals surface area contributed by atoms with Gasteiger partial charge in [-0.1, -0.05) is 17.7 Å². The molecule has 1 fully saturated rings. The molecule has 0 bridgehead atoms. The number of hydrogen-bond acceptors (Lipinski definition) is 5. The van der Waals surface area contributed by atoms with Gasteiger partial charge < -0.3 is 15.3 Å². The maximum Gasteiger partial charge on any atom is 0.490 e. The number of aryl methyl sites for hydroxylation is 1. The fourth-order valence-corrected chi connectivity index (χ4v) is 4.23. The van der Waals surface area contributed by atoms with Gasteiger partial charge in [0.05, 0.1) is 5.75 Å². The quantitative estimate of drug-likeness (QED) is 0.660. The summed E-state index contributed by atoms with van der Waals surface area (Å²) in [6.45, 7) is 8.30. The van der Waals surface area contributed by atoms with Crippen LogP contribution in [0.5, 0.6) is 0 Å². The Morgan fingerprint density at radius 2 is 1.77 bits per heavy atom. The fourth-order valence-electron chi connectivity index (χ4n) is 2.80. The summed E-state index contributed by atoms with van der Waals surface area (Å²) in [5.41, 5.74) is 1.61. The molecule has 1 amide bonds. The third-order valence-electron chi connectivity index (χ3n) is 4.45. The third-order valence-corrected chi connectivity index (χ3v) is 6.30. The second-order valence-corrected chi connectivity index (χ2v) is 9.32. The Morgan fingerprint density at radius 1 is 1.23 bits per heavy atom. The SMILES string of the molecule is Cc1cccc(C(=O)N(CCS(=O)(=O)N2CCNCC2)C(C)C)c1.O=C(O)C(F)(F)F. The number of halogens is 3.